The highest BCUT2D eigenvalue weighted by atomic mass is 16.6. The van der Waals surface area contributed by atoms with E-state index in [0.717, 1.165) is 5.56 Å². The zero-order valence-corrected chi connectivity index (χ0v) is 15.0. The SMILES string of the molecule is COc1ccccc1-c1noc(COC(=O)c2cn[nH]c2-c2ccccc2)n1. The van der Waals surface area contributed by atoms with Crippen LogP contribution in [0, 0.1) is 0 Å². The molecule has 2 aromatic heterocycles. The van der Waals surface area contributed by atoms with Gasteiger partial charge in [0.2, 0.25) is 5.82 Å². The van der Waals surface area contributed by atoms with E-state index < -0.39 is 5.97 Å². The van der Waals surface area contributed by atoms with Gasteiger partial charge in [0.25, 0.3) is 5.89 Å². The van der Waals surface area contributed by atoms with E-state index in [0.29, 0.717) is 28.4 Å². The fourth-order valence-electron chi connectivity index (χ4n) is 2.72. The summed E-state index contributed by atoms with van der Waals surface area (Å²) in [6.45, 7) is -0.152. The van der Waals surface area contributed by atoms with Gasteiger partial charge in [-0.05, 0) is 12.1 Å². The van der Waals surface area contributed by atoms with E-state index in [-0.39, 0.29) is 12.5 Å². The van der Waals surface area contributed by atoms with Gasteiger partial charge in [0.15, 0.2) is 6.61 Å². The van der Waals surface area contributed by atoms with Gasteiger partial charge in [0.05, 0.1) is 24.6 Å². The van der Waals surface area contributed by atoms with Crippen molar-refractivity contribution in [2.24, 2.45) is 0 Å². The van der Waals surface area contributed by atoms with Crippen molar-refractivity contribution in [3.8, 4) is 28.4 Å². The first-order valence-corrected chi connectivity index (χ1v) is 8.48. The van der Waals surface area contributed by atoms with Gasteiger partial charge in [-0.1, -0.05) is 47.6 Å². The highest BCUT2D eigenvalue weighted by Crippen LogP contribution is 2.27. The number of rotatable bonds is 6. The van der Waals surface area contributed by atoms with Gasteiger partial charge < -0.3 is 14.0 Å². The molecule has 0 saturated heterocycles. The van der Waals surface area contributed by atoms with Crippen LogP contribution in [-0.4, -0.2) is 33.4 Å². The predicted octanol–water partition coefficient (Wildman–Crippen LogP) is 3.49. The average Bonchev–Trinajstić information content (AvgIpc) is 3.42. The number of para-hydroxylation sites is 1. The lowest BCUT2D eigenvalue weighted by atomic mass is 10.1. The van der Waals surface area contributed by atoms with Crippen LogP contribution in [0.1, 0.15) is 16.2 Å². The molecule has 0 aliphatic heterocycles. The van der Waals surface area contributed by atoms with Crippen molar-refractivity contribution in [2.45, 2.75) is 6.61 Å². The summed E-state index contributed by atoms with van der Waals surface area (Å²) in [6.07, 6.45) is 1.43. The third kappa shape index (κ3) is 3.48. The number of nitrogens with zero attached hydrogens (tertiary/aromatic N) is 3. The van der Waals surface area contributed by atoms with Crippen molar-refractivity contribution in [3.05, 3.63) is 72.2 Å². The van der Waals surface area contributed by atoms with Gasteiger partial charge in [-0.2, -0.15) is 10.1 Å². The number of hydrogen-bond acceptors (Lipinski definition) is 7. The second-order valence-electron chi connectivity index (χ2n) is 5.81. The maximum Gasteiger partial charge on any atom is 0.342 e. The lowest BCUT2D eigenvalue weighted by Gasteiger charge is -2.03. The summed E-state index contributed by atoms with van der Waals surface area (Å²) in [5.74, 6) is 0.623. The van der Waals surface area contributed by atoms with Crippen LogP contribution in [0.5, 0.6) is 5.75 Å². The third-order valence-corrected chi connectivity index (χ3v) is 4.06. The zero-order valence-electron chi connectivity index (χ0n) is 15.0. The van der Waals surface area contributed by atoms with Gasteiger partial charge in [-0.3, -0.25) is 5.10 Å². The molecular weight excluding hydrogens is 360 g/mol. The summed E-state index contributed by atoms with van der Waals surface area (Å²) in [4.78, 5) is 16.7. The summed E-state index contributed by atoms with van der Waals surface area (Å²) in [5.41, 5.74) is 2.44. The Balaban J connectivity index is 1.47. The molecule has 2 aromatic carbocycles. The van der Waals surface area contributed by atoms with E-state index in [4.69, 9.17) is 14.0 Å². The number of carbonyl (C=O) groups is 1. The Bertz CT molecular complexity index is 1090. The van der Waals surface area contributed by atoms with Gasteiger partial charge in [0.1, 0.15) is 11.3 Å². The highest BCUT2D eigenvalue weighted by molar-refractivity contribution is 5.95. The number of aromatic nitrogens is 4. The molecule has 0 aliphatic rings. The highest BCUT2D eigenvalue weighted by Gasteiger charge is 2.19. The Morgan fingerprint density at radius 2 is 1.89 bits per heavy atom. The molecule has 28 heavy (non-hydrogen) atoms. The summed E-state index contributed by atoms with van der Waals surface area (Å²) < 4.78 is 15.8. The number of hydrogen-bond donors (Lipinski definition) is 1. The summed E-state index contributed by atoms with van der Waals surface area (Å²) >= 11 is 0. The lowest BCUT2D eigenvalue weighted by molar-refractivity contribution is 0.0431. The lowest BCUT2D eigenvalue weighted by Crippen LogP contribution is -2.06. The smallest absolute Gasteiger partial charge is 0.342 e. The fourth-order valence-corrected chi connectivity index (χ4v) is 2.72. The molecule has 140 valence electrons. The van der Waals surface area contributed by atoms with Crippen LogP contribution in [0.3, 0.4) is 0 Å². The van der Waals surface area contributed by atoms with Crippen molar-refractivity contribution in [1.29, 1.82) is 0 Å². The molecule has 0 radical (unpaired) electrons. The number of benzene rings is 2. The molecule has 0 bridgehead atoms. The molecule has 0 unspecified atom stereocenters. The zero-order chi connectivity index (χ0) is 19.3. The van der Waals surface area contributed by atoms with Crippen LogP contribution < -0.4 is 4.74 Å². The van der Waals surface area contributed by atoms with Crippen LogP contribution in [0.25, 0.3) is 22.6 Å². The van der Waals surface area contributed by atoms with Crippen molar-refractivity contribution in [1.82, 2.24) is 20.3 Å². The van der Waals surface area contributed by atoms with E-state index in [1.54, 1.807) is 13.2 Å². The second-order valence-corrected chi connectivity index (χ2v) is 5.81. The number of nitrogens with one attached hydrogen (secondary N) is 1. The monoisotopic (exact) mass is 376 g/mol. The van der Waals surface area contributed by atoms with Crippen molar-refractivity contribution in [2.75, 3.05) is 7.11 Å². The Kier molecular flexibility index (Phi) is 4.83. The van der Waals surface area contributed by atoms with Crippen LogP contribution in [0.2, 0.25) is 0 Å². The van der Waals surface area contributed by atoms with Gasteiger partial charge in [-0.15, -0.1) is 0 Å². The van der Waals surface area contributed by atoms with Gasteiger partial charge >= 0.3 is 5.97 Å². The summed E-state index contributed by atoms with van der Waals surface area (Å²) in [5, 5.41) is 10.7. The van der Waals surface area contributed by atoms with E-state index in [2.05, 4.69) is 20.3 Å². The number of aromatic amines is 1. The molecule has 0 amide bonds. The molecule has 0 fully saturated rings. The topological polar surface area (TPSA) is 103 Å². The van der Waals surface area contributed by atoms with Crippen LogP contribution >= 0.6 is 0 Å². The molecule has 0 atom stereocenters. The predicted molar refractivity (Wildman–Crippen MR) is 99.4 cm³/mol. The summed E-state index contributed by atoms with van der Waals surface area (Å²) in [6, 6.07) is 16.7. The normalized spacial score (nSPS) is 10.6. The van der Waals surface area contributed by atoms with Crippen LogP contribution in [0.15, 0.2) is 65.3 Å². The van der Waals surface area contributed by atoms with E-state index in [1.165, 1.54) is 6.20 Å². The molecule has 2 heterocycles. The molecule has 0 aliphatic carbocycles. The molecule has 4 aromatic rings. The number of carbonyl (C=O) groups excluding carboxylic acids is 1. The van der Waals surface area contributed by atoms with Gasteiger partial charge in [-0.25, -0.2) is 4.79 Å². The Hall–Kier alpha value is -3.94. The molecular formula is C20H16N4O4. The van der Waals surface area contributed by atoms with E-state index in [9.17, 15) is 4.79 Å². The quantitative estimate of drug-likeness (QED) is 0.514. The molecule has 0 spiro atoms. The molecule has 1 N–H and O–H groups in total. The van der Waals surface area contributed by atoms with Crippen molar-refractivity contribution < 1.29 is 18.8 Å². The maximum atomic E-state index is 12.5. The largest absolute Gasteiger partial charge is 0.496 e. The van der Waals surface area contributed by atoms with E-state index in [1.807, 2.05) is 48.5 Å². The Morgan fingerprint density at radius 3 is 2.71 bits per heavy atom. The first-order chi connectivity index (χ1) is 13.8. The number of esters is 1. The average molecular weight is 376 g/mol. The number of ether oxygens (including phenoxy) is 2. The molecule has 8 heteroatoms. The Labute approximate surface area is 160 Å². The maximum absolute atomic E-state index is 12.5. The first kappa shape index (κ1) is 17.5. The molecule has 0 saturated carbocycles. The number of methoxy groups -OCH3 is 1. The minimum atomic E-state index is -0.537. The van der Waals surface area contributed by atoms with Crippen LogP contribution in [-0.2, 0) is 11.3 Å². The minimum Gasteiger partial charge on any atom is -0.496 e. The fraction of sp³-hybridized carbons (Fsp3) is 0.100. The molecule has 4 rings (SSSR count). The number of H-pyrrole nitrogens is 1. The minimum absolute atomic E-state index is 0.152. The first-order valence-electron chi connectivity index (χ1n) is 8.48. The van der Waals surface area contributed by atoms with Crippen molar-refractivity contribution in [3.63, 3.8) is 0 Å². The standard InChI is InChI=1S/C20H16N4O4/c1-26-16-10-6-5-9-14(16)19-22-17(28-24-19)12-27-20(25)15-11-21-23-18(15)13-7-3-2-4-8-13/h2-11H,12H2,1H3,(H,21,23). The van der Waals surface area contributed by atoms with Crippen molar-refractivity contribution >= 4 is 5.97 Å². The van der Waals surface area contributed by atoms with E-state index >= 15 is 0 Å². The third-order valence-electron chi connectivity index (χ3n) is 4.06. The molecule has 8 nitrogen and oxygen atoms in total. The second kappa shape index (κ2) is 7.75. The summed E-state index contributed by atoms with van der Waals surface area (Å²) in [7, 11) is 1.57. The van der Waals surface area contributed by atoms with Gasteiger partial charge in [0, 0.05) is 5.56 Å². The Morgan fingerprint density at radius 1 is 1.11 bits per heavy atom. The van der Waals surface area contributed by atoms with Crippen LogP contribution in [0.4, 0.5) is 0 Å².